The van der Waals surface area contributed by atoms with Gasteiger partial charge in [-0.15, -0.1) is 0 Å². The maximum atomic E-state index is 13.6. The lowest BCUT2D eigenvalue weighted by atomic mass is 10.2. The number of rotatable bonds is 4. The second-order valence-electron chi connectivity index (χ2n) is 5.44. The quantitative estimate of drug-likeness (QED) is 0.668. The van der Waals surface area contributed by atoms with Crippen LogP contribution < -0.4 is 10.1 Å². The normalized spacial score (nSPS) is 10.5. The van der Waals surface area contributed by atoms with Gasteiger partial charge in [0.15, 0.2) is 0 Å². The highest BCUT2D eigenvalue weighted by Crippen LogP contribution is 2.28. The molecule has 3 aromatic rings. The van der Waals surface area contributed by atoms with Crippen molar-refractivity contribution in [2.24, 2.45) is 0 Å². The standard InChI is InChI=1S/C19H13ClF2N2O2/c1-11-5-6-12(20)9-16(11)26-13-7-8-17(23-10-13)24-19(25)18-14(21)3-2-4-15(18)22/h2-10H,1H3,(H,23,24,25). The van der Waals surface area contributed by atoms with Crippen LogP contribution in [-0.4, -0.2) is 10.9 Å². The van der Waals surface area contributed by atoms with Crippen molar-refractivity contribution in [3.05, 3.63) is 82.5 Å². The lowest BCUT2D eigenvalue weighted by Gasteiger charge is -2.10. The molecule has 2 aromatic carbocycles. The van der Waals surface area contributed by atoms with Crippen LogP contribution in [0.5, 0.6) is 11.5 Å². The topological polar surface area (TPSA) is 51.2 Å². The summed E-state index contributed by atoms with van der Waals surface area (Å²) in [6.45, 7) is 1.87. The zero-order valence-electron chi connectivity index (χ0n) is 13.6. The first-order valence-corrected chi connectivity index (χ1v) is 7.97. The molecule has 0 spiro atoms. The smallest absolute Gasteiger partial charge is 0.262 e. The molecule has 0 aliphatic heterocycles. The number of halogens is 3. The fourth-order valence-corrected chi connectivity index (χ4v) is 2.38. The molecule has 7 heteroatoms. The van der Waals surface area contributed by atoms with Crippen molar-refractivity contribution < 1.29 is 18.3 Å². The lowest BCUT2D eigenvalue weighted by molar-refractivity contribution is 0.101. The molecule has 26 heavy (non-hydrogen) atoms. The van der Waals surface area contributed by atoms with Gasteiger partial charge in [0.1, 0.15) is 34.5 Å². The third kappa shape index (κ3) is 3.97. The Kier molecular flexibility index (Phi) is 5.14. The molecule has 132 valence electrons. The first kappa shape index (κ1) is 17.8. The number of ether oxygens (including phenoxy) is 1. The maximum Gasteiger partial charge on any atom is 0.262 e. The van der Waals surface area contributed by atoms with Crippen molar-refractivity contribution in [2.75, 3.05) is 5.32 Å². The van der Waals surface area contributed by atoms with E-state index < -0.39 is 23.1 Å². The van der Waals surface area contributed by atoms with E-state index in [0.717, 1.165) is 17.7 Å². The fourth-order valence-electron chi connectivity index (χ4n) is 2.22. The summed E-state index contributed by atoms with van der Waals surface area (Å²) in [5.74, 6) is -1.69. The highest BCUT2D eigenvalue weighted by molar-refractivity contribution is 6.30. The van der Waals surface area contributed by atoms with Crippen molar-refractivity contribution in [1.29, 1.82) is 0 Å². The van der Waals surface area contributed by atoms with E-state index in [1.165, 1.54) is 18.3 Å². The molecule has 4 nitrogen and oxygen atoms in total. The van der Waals surface area contributed by atoms with Gasteiger partial charge in [-0.3, -0.25) is 4.79 Å². The second kappa shape index (κ2) is 7.49. The van der Waals surface area contributed by atoms with E-state index in [9.17, 15) is 13.6 Å². The van der Waals surface area contributed by atoms with Gasteiger partial charge in [0.25, 0.3) is 5.91 Å². The highest BCUT2D eigenvalue weighted by Gasteiger charge is 2.17. The number of hydrogen-bond acceptors (Lipinski definition) is 3. The van der Waals surface area contributed by atoms with Crippen LogP contribution in [-0.2, 0) is 0 Å². The number of anilines is 1. The van der Waals surface area contributed by atoms with Gasteiger partial charge in [-0.05, 0) is 48.9 Å². The molecule has 1 aromatic heterocycles. The van der Waals surface area contributed by atoms with Gasteiger partial charge in [-0.25, -0.2) is 13.8 Å². The minimum absolute atomic E-state index is 0.132. The summed E-state index contributed by atoms with van der Waals surface area (Å²) < 4.78 is 32.9. The highest BCUT2D eigenvalue weighted by atomic mass is 35.5. The van der Waals surface area contributed by atoms with Gasteiger partial charge >= 0.3 is 0 Å². The summed E-state index contributed by atoms with van der Waals surface area (Å²) in [6, 6.07) is 11.5. The van der Waals surface area contributed by atoms with Crippen molar-refractivity contribution in [3.8, 4) is 11.5 Å². The number of hydrogen-bond donors (Lipinski definition) is 1. The van der Waals surface area contributed by atoms with E-state index in [2.05, 4.69) is 10.3 Å². The fraction of sp³-hybridized carbons (Fsp3) is 0.0526. The number of nitrogens with zero attached hydrogens (tertiary/aromatic N) is 1. The molecule has 0 aliphatic carbocycles. The molecule has 3 rings (SSSR count). The van der Waals surface area contributed by atoms with Crippen LogP contribution >= 0.6 is 11.6 Å². The number of aromatic nitrogens is 1. The first-order chi connectivity index (χ1) is 12.4. The van der Waals surface area contributed by atoms with Crippen LogP contribution in [0.3, 0.4) is 0 Å². The Morgan fingerprint density at radius 2 is 1.85 bits per heavy atom. The molecule has 1 amide bonds. The Morgan fingerprint density at radius 3 is 2.50 bits per heavy atom. The SMILES string of the molecule is Cc1ccc(Cl)cc1Oc1ccc(NC(=O)c2c(F)cccc2F)nc1. The van der Waals surface area contributed by atoms with E-state index >= 15 is 0 Å². The van der Waals surface area contributed by atoms with Gasteiger partial charge in [0, 0.05) is 5.02 Å². The molecule has 0 aliphatic rings. The van der Waals surface area contributed by atoms with E-state index in [1.54, 1.807) is 18.2 Å². The van der Waals surface area contributed by atoms with E-state index in [1.807, 2.05) is 13.0 Å². The lowest BCUT2D eigenvalue weighted by Crippen LogP contribution is -2.16. The first-order valence-electron chi connectivity index (χ1n) is 7.59. The zero-order chi connectivity index (χ0) is 18.7. The number of aryl methyl sites for hydroxylation is 1. The van der Waals surface area contributed by atoms with Crippen LogP contribution in [0.4, 0.5) is 14.6 Å². The molecule has 0 saturated heterocycles. The Morgan fingerprint density at radius 1 is 1.12 bits per heavy atom. The van der Waals surface area contributed by atoms with Crippen LogP contribution in [0, 0.1) is 18.6 Å². The van der Waals surface area contributed by atoms with Gasteiger partial charge in [0.05, 0.1) is 6.20 Å². The summed E-state index contributed by atoms with van der Waals surface area (Å²) in [7, 11) is 0. The van der Waals surface area contributed by atoms with E-state index in [4.69, 9.17) is 16.3 Å². The third-order valence-electron chi connectivity index (χ3n) is 3.55. The Hall–Kier alpha value is -2.99. The average molecular weight is 375 g/mol. The molecular weight excluding hydrogens is 362 g/mol. The molecular formula is C19H13ClF2N2O2. The van der Waals surface area contributed by atoms with Crippen molar-refractivity contribution in [1.82, 2.24) is 4.98 Å². The maximum absolute atomic E-state index is 13.6. The number of amides is 1. The molecule has 1 heterocycles. The molecule has 0 atom stereocenters. The molecule has 0 saturated carbocycles. The van der Waals surface area contributed by atoms with E-state index in [-0.39, 0.29) is 5.82 Å². The number of carbonyl (C=O) groups excluding carboxylic acids is 1. The van der Waals surface area contributed by atoms with Crippen LogP contribution in [0.1, 0.15) is 15.9 Å². The molecule has 0 radical (unpaired) electrons. The van der Waals surface area contributed by atoms with Gasteiger partial charge < -0.3 is 10.1 Å². The molecule has 0 unspecified atom stereocenters. The predicted octanol–water partition coefficient (Wildman–Crippen LogP) is 5.37. The number of benzene rings is 2. The molecule has 1 N–H and O–H groups in total. The Bertz CT molecular complexity index is 942. The van der Waals surface area contributed by atoms with Crippen molar-refractivity contribution in [3.63, 3.8) is 0 Å². The second-order valence-corrected chi connectivity index (χ2v) is 5.88. The van der Waals surface area contributed by atoms with Crippen LogP contribution in [0.25, 0.3) is 0 Å². The number of pyridine rings is 1. The van der Waals surface area contributed by atoms with Gasteiger partial charge in [0.2, 0.25) is 0 Å². The Balaban J connectivity index is 1.74. The summed E-state index contributed by atoms with van der Waals surface area (Å²) in [4.78, 5) is 16.1. The largest absolute Gasteiger partial charge is 0.455 e. The minimum Gasteiger partial charge on any atom is -0.455 e. The van der Waals surface area contributed by atoms with Gasteiger partial charge in [-0.1, -0.05) is 23.7 Å². The number of nitrogens with one attached hydrogen (secondary N) is 1. The average Bonchev–Trinajstić information content (AvgIpc) is 2.60. The summed E-state index contributed by atoms with van der Waals surface area (Å²) >= 11 is 5.94. The van der Waals surface area contributed by atoms with Crippen LogP contribution in [0.2, 0.25) is 5.02 Å². The van der Waals surface area contributed by atoms with Crippen molar-refractivity contribution in [2.45, 2.75) is 6.92 Å². The third-order valence-corrected chi connectivity index (χ3v) is 3.78. The number of carbonyl (C=O) groups is 1. The van der Waals surface area contributed by atoms with Crippen LogP contribution in [0.15, 0.2) is 54.7 Å². The predicted molar refractivity (Wildman–Crippen MR) is 94.8 cm³/mol. The van der Waals surface area contributed by atoms with E-state index in [0.29, 0.717) is 16.5 Å². The molecule has 0 bridgehead atoms. The monoisotopic (exact) mass is 374 g/mol. The summed E-state index contributed by atoms with van der Waals surface area (Å²) in [5, 5.41) is 2.88. The Labute approximate surface area is 153 Å². The van der Waals surface area contributed by atoms with Crippen molar-refractivity contribution >= 4 is 23.3 Å². The molecule has 0 fully saturated rings. The van der Waals surface area contributed by atoms with Gasteiger partial charge in [-0.2, -0.15) is 0 Å². The zero-order valence-corrected chi connectivity index (χ0v) is 14.3. The minimum atomic E-state index is -0.945. The summed E-state index contributed by atoms with van der Waals surface area (Å²) in [5.41, 5.74) is 0.228. The summed E-state index contributed by atoms with van der Waals surface area (Å²) in [6.07, 6.45) is 1.38.